The van der Waals surface area contributed by atoms with Crippen LogP contribution in [0.25, 0.3) is 0 Å². The van der Waals surface area contributed by atoms with E-state index in [1.807, 2.05) is 18.2 Å². The number of amides is 1. The van der Waals surface area contributed by atoms with Gasteiger partial charge >= 0.3 is 0 Å². The third-order valence-electron chi connectivity index (χ3n) is 3.01. The van der Waals surface area contributed by atoms with Crippen molar-refractivity contribution in [1.82, 2.24) is 15.6 Å². The number of nitrogens with zero attached hydrogens (tertiary/aromatic N) is 1. The molecule has 1 unspecified atom stereocenters. The van der Waals surface area contributed by atoms with E-state index in [4.69, 9.17) is 0 Å². The van der Waals surface area contributed by atoms with Crippen molar-refractivity contribution in [2.75, 3.05) is 13.1 Å². The van der Waals surface area contributed by atoms with Crippen LogP contribution in [0.3, 0.4) is 0 Å². The summed E-state index contributed by atoms with van der Waals surface area (Å²) in [4.78, 5) is 15.9. The van der Waals surface area contributed by atoms with Crippen molar-refractivity contribution in [3.63, 3.8) is 0 Å². The molecule has 0 bridgehead atoms. The molecular formula is C13H19N3O. The molecule has 1 fully saturated rings. The highest BCUT2D eigenvalue weighted by Crippen LogP contribution is 2.04. The molecule has 2 N–H and O–H groups in total. The highest BCUT2D eigenvalue weighted by Gasteiger charge is 2.20. The fourth-order valence-electron chi connectivity index (χ4n) is 2.06. The maximum absolute atomic E-state index is 11.7. The summed E-state index contributed by atoms with van der Waals surface area (Å²) in [5.74, 6) is 0.142. The maximum Gasteiger partial charge on any atom is 0.237 e. The molecular weight excluding hydrogens is 214 g/mol. The van der Waals surface area contributed by atoms with Crippen molar-refractivity contribution >= 4 is 5.91 Å². The van der Waals surface area contributed by atoms with Crippen LogP contribution >= 0.6 is 0 Å². The molecule has 17 heavy (non-hydrogen) atoms. The molecule has 1 amide bonds. The minimum atomic E-state index is 0.0323. The number of hydrogen-bond donors (Lipinski definition) is 2. The maximum atomic E-state index is 11.7. The van der Waals surface area contributed by atoms with E-state index in [2.05, 4.69) is 15.6 Å². The molecule has 1 aliphatic rings. The van der Waals surface area contributed by atoms with E-state index < -0.39 is 0 Å². The summed E-state index contributed by atoms with van der Waals surface area (Å²) >= 11 is 0. The van der Waals surface area contributed by atoms with E-state index in [0.29, 0.717) is 0 Å². The van der Waals surface area contributed by atoms with Crippen LogP contribution in [0.2, 0.25) is 0 Å². The van der Waals surface area contributed by atoms with E-state index in [9.17, 15) is 4.79 Å². The zero-order chi connectivity index (χ0) is 11.9. The molecule has 1 atom stereocenters. The van der Waals surface area contributed by atoms with Gasteiger partial charge in [-0.1, -0.05) is 6.07 Å². The van der Waals surface area contributed by atoms with Gasteiger partial charge in [0.2, 0.25) is 5.91 Å². The van der Waals surface area contributed by atoms with Crippen LogP contribution in [0.1, 0.15) is 25.0 Å². The molecule has 0 aromatic carbocycles. The summed E-state index contributed by atoms with van der Waals surface area (Å²) in [5.41, 5.74) is 1.08. The Morgan fingerprint density at radius 1 is 1.53 bits per heavy atom. The molecule has 0 saturated carbocycles. The smallest absolute Gasteiger partial charge is 0.237 e. The van der Waals surface area contributed by atoms with Gasteiger partial charge in [0.1, 0.15) is 0 Å². The van der Waals surface area contributed by atoms with Crippen molar-refractivity contribution in [1.29, 1.82) is 0 Å². The van der Waals surface area contributed by atoms with Gasteiger partial charge in [0.05, 0.1) is 6.04 Å². The van der Waals surface area contributed by atoms with Crippen molar-refractivity contribution in [3.05, 3.63) is 30.1 Å². The van der Waals surface area contributed by atoms with Crippen LogP contribution in [0.5, 0.6) is 0 Å². The van der Waals surface area contributed by atoms with Crippen molar-refractivity contribution < 1.29 is 4.79 Å². The number of pyridine rings is 1. The van der Waals surface area contributed by atoms with Crippen LogP contribution in [-0.4, -0.2) is 30.0 Å². The molecule has 0 spiro atoms. The predicted octanol–water partition coefficient (Wildman–Crippen LogP) is 0.882. The molecule has 2 rings (SSSR count). The number of rotatable bonds is 5. The predicted molar refractivity (Wildman–Crippen MR) is 66.6 cm³/mol. The molecule has 92 valence electrons. The number of carbonyl (C=O) groups is 1. The fourth-order valence-corrected chi connectivity index (χ4v) is 2.06. The van der Waals surface area contributed by atoms with Gasteiger partial charge in [-0.25, -0.2) is 0 Å². The van der Waals surface area contributed by atoms with Gasteiger partial charge in [-0.2, -0.15) is 0 Å². The average molecular weight is 233 g/mol. The number of hydrogen-bond acceptors (Lipinski definition) is 3. The van der Waals surface area contributed by atoms with E-state index in [1.54, 1.807) is 6.20 Å². The molecule has 1 saturated heterocycles. The number of carbonyl (C=O) groups excluding carboxylic acids is 1. The van der Waals surface area contributed by atoms with E-state index in [0.717, 1.165) is 44.5 Å². The molecule has 1 aliphatic heterocycles. The lowest BCUT2D eigenvalue weighted by molar-refractivity contribution is -0.122. The zero-order valence-corrected chi connectivity index (χ0v) is 9.98. The molecule has 1 aromatic heterocycles. The van der Waals surface area contributed by atoms with Crippen LogP contribution in [0.4, 0.5) is 0 Å². The lowest BCUT2D eigenvalue weighted by Crippen LogP contribution is -2.40. The quantitative estimate of drug-likeness (QED) is 0.742. The summed E-state index contributed by atoms with van der Waals surface area (Å²) in [7, 11) is 0. The lowest BCUT2D eigenvalue weighted by Gasteiger charge is -2.10. The first-order chi connectivity index (χ1) is 8.36. The number of nitrogens with one attached hydrogen (secondary N) is 2. The lowest BCUT2D eigenvalue weighted by atomic mass is 10.2. The summed E-state index contributed by atoms with van der Waals surface area (Å²) in [5, 5.41) is 6.16. The first-order valence-electron chi connectivity index (χ1n) is 6.27. The third-order valence-corrected chi connectivity index (χ3v) is 3.01. The summed E-state index contributed by atoms with van der Waals surface area (Å²) in [6, 6.07) is 5.95. The second-order valence-corrected chi connectivity index (χ2v) is 4.36. The second kappa shape index (κ2) is 6.35. The van der Waals surface area contributed by atoms with Gasteiger partial charge in [0.15, 0.2) is 0 Å². The van der Waals surface area contributed by atoms with Crippen molar-refractivity contribution in [2.24, 2.45) is 0 Å². The van der Waals surface area contributed by atoms with E-state index in [1.165, 1.54) is 0 Å². The Balaban J connectivity index is 1.61. The number of aromatic nitrogens is 1. The summed E-state index contributed by atoms with van der Waals surface area (Å²) in [6.45, 7) is 1.69. The third kappa shape index (κ3) is 3.82. The SMILES string of the molecule is O=C(NCCCc1ccccn1)C1CCCN1. The van der Waals surface area contributed by atoms with Crippen molar-refractivity contribution in [3.8, 4) is 0 Å². The first-order valence-corrected chi connectivity index (χ1v) is 6.27. The average Bonchev–Trinajstić information content (AvgIpc) is 2.89. The Bertz CT molecular complexity index is 347. The van der Waals surface area contributed by atoms with E-state index in [-0.39, 0.29) is 11.9 Å². The Morgan fingerprint density at radius 3 is 3.18 bits per heavy atom. The van der Waals surface area contributed by atoms with E-state index >= 15 is 0 Å². The van der Waals surface area contributed by atoms with Crippen LogP contribution in [0.15, 0.2) is 24.4 Å². The van der Waals surface area contributed by atoms with Gasteiger partial charge in [-0.05, 0) is 44.4 Å². The van der Waals surface area contributed by atoms with Crippen LogP contribution in [-0.2, 0) is 11.2 Å². The molecule has 2 heterocycles. The van der Waals surface area contributed by atoms with Crippen molar-refractivity contribution in [2.45, 2.75) is 31.7 Å². The minimum absolute atomic E-state index is 0.0323. The van der Waals surface area contributed by atoms with Gasteiger partial charge in [-0.15, -0.1) is 0 Å². The molecule has 4 heteroatoms. The van der Waals surface area contributed by atoms with Gasteiger partial charge < -0.3 is 10.6 Å². The van der Waals surface area contributed by atoms with Crippen LogP contribution < -0.4 is 10.6 Å². The molecule has 1 aromatic rings. The molecule has 4 nitrogen and oxygen atoms in total. The zero-order valence-electron chi connectivity index (χ0n) is 9.98. The summed E-state index contributed by atoms with van der Waals surface area (Å²) < 4.78 is 0. The largest absolute Gasteiger partial charge is 0.355 e. The number of aryl methyl sites for hydroxylation is 1. The highest BCUT2D eigenvalue weighted by atomic mass is 16.2. The highest BCUT2D eigenvalue weighted by molar-refractivity contribution is 5.81. The Hall–Kier alpha value is -1.42. The topological polar surface area (TPSA) is 54.0 Å². The first kappa shape index (κ1) is 12.0. The fraction of sp³-hybridized carbons (Fsp3) is 0.538. The summed E-state index contributed by atoms with van der Waals surface area (Å²) in [6.07, 6.45) is 5.73. The van der Waals surface area contributed by atoms with Gasteiger partial charge in [0, 0.05) is 18.4 Å². The standard InChI is InChI=1S/C13H19N3O/c17-13(12-7-4-9-15-12)16-10-3-6-11-5-1-2-8-14-11/h1-2,5,8,12,15H,3-4,6-7,9-10H2,(H,16,17). The second-order valence-electron chi connectivity index (χ2n) is 4.36. The minimum Gasteiger partial charge on any atom is -0.355 e. The Morgan fingerprint density at radius 2 is 2.47 bits per heavy atom. The van der Waals surface area contributed by atoms with Gasteiger partial charge in [0.25, 0.3) is 0 Å². The Kier molecular flexibility index (Phi) is 4.50. The molecule has 0 aliphatic carbocycles. The van der Waals surface area contributed by atoms with Gasteiger partial charge in [-0.3, -0.25) is 9.78 Å². The normalized spacial score (nSPS) is 19.2. The monoisotopic (exact) mass is 233 g/mol. The molecule has 0 radical (unpaired) electrons. The Labute approximate surface area is 102 Å². The van der Waals surface area contributed by atoms with Crippen LogP contribution in [0, 0.1) is 0 Å².